The van der Waals surface area contributed by atoms with Gasteiger partial charge >= 0.3 is 0 Å². The van der Waals surface area contributed by atoms with E-state index in [1.54, 1.807) is 12.4 Å². The number of aliphatic hydroxyl groups excluding tert-OH is 1. The Balaban J connectivity index is 2.20. The molecule has 0 radical (unpaired) electrons. The minimum absolute atomic E-state index is 0.504. The van der Waals surface area contributed by atoms with Crippen LogP contribution >= 0.6 is 27.5 Å². The Morgan fingerprint density at radius 2 is 2.12 bits per heavy atom. The molecule has 0 bridgehead atoms. The van der Waals surface area contributed by atoms with E-state index in [-0.39, 0.29) is 0 Å². The third-order valence-electron chi connectivity index (χ3n) is 2.49. The molecule has 1 unspecified atom stereocenters. The lowest BCUT2D eigenvalue weighted by molar-refractivity contribution is 0.178. The SMILES string of the molecule is OC(Cc1cccnc1)c1cccc(Br)c1Cl. The molecule has 1 aromatic heterocycles. The van der Waals surface area contributed by atoms with Gasteiger partial charge in [-0.2, -0.15) is 0 Å². The molecule has 0 saturated heterocycles. The van der Waals surface area contributed by atoms with Crippen LogP contribution in [0.4, 0.5) is 0 Å². The number of halogens is 2. The Kier molecular flexibility index (Phi) is 4.15. The number of hydrogen-bond donors (Lipinski definition) is 1. The second-order valence-corrected chi connectivity index (χ2v) is 4.96. The van der Waals surface area contributed by atoms with E-state index in [0.717, 1.165) is 15.6 Å². The number of benzene rings is 1. The molecule has 4 heteroatoms. The van der Waals surface area contributed by atoms with Gasteiger partial charge in [0.15, 0.2) is 0 Å². The number of nitrogens with zero attached hydrogens (tertiary/aromatic N) is 1. The van der Waals surface area contributed by atoms with Gasteiger partial charge in [0.25, 0.3) is 0 Å². The molecule has 0 aliphatic heterocycles. The molecule has 0 aliphatic rings. The van der Waals surface area contributed by atoms with Crippen molar-refractivity contribution in [3.8, 4) is 0 Å². The molecule has 2 nitrogen and oxygen atoms in total. The van der Waals surface area contributed by atoms with Crippen LogP contribution in [-0.2, 0) is 6.42 Å². The minimum atomic E-state index is -0.621. The zero-order valence-corrected chi connectivity index (χ0v) is 11.3. The Labute approximate surface area is 113 Å². The molecule has 1 N–H and O–H groups in total. The van der Waals surface area contributed by atoms with Crippen molar-refractivity contribution in [2.75, 3.05) is 0 Å². The molecule has 0 spiro atoms. The predicted octanol–water partition coefficient (Wildman–Crippen LogP) is 3.77. The summed E-state index contributed by atoms with van der Waals surface area (Å²) in [7, 11) is 0. The average molecular weight is 313 g/mol. The smallest absolute Gasteiger partial charge is 0.0845 e. The van der Waals surface area contributed by atoms with Crippen LogP contribution in [0, 0.1) is 0 Å². The van der Waals surface area contributed by atoms with Crippen LogP contribution in [0.25, 0.3) is 0 Å². The molecule has 2 aromatic rings. The van der Waals surface area contributed by atoms with Crippen molar-refractivity contribution in [2.24, 2.45) is 0 Å². The van der Waals surface area contributed by atoms with Crippen LogP contribution in [0.3, 0.4) is 0 Å². The molecule has 1 atom stereocenters. The van der Waals surface area contributed by atoms with Crippen molar-refractivity contribution in [3.05, 3.63) is 63.3 Å². The first kappa shape index (κ1) is 12.6. The normalized spacial score (nSPS) is 12.4. The summed E-state index contributed by atoms with van der Waals surface area (Å²) in [6.07, 6.45) is 3.34. The van der Waals surface area contributed by atoms with E-state index in [2.05, 4.69) is 20.9 Å². The Morgan fingerprint density at radius 3 is 2.82 bits per heavy atom. The first-order valence-electron chi connectivity index (χ1n) is 5.19. The van der Waals surface area contributed by atoms with Crippen LogP contribution in [0.1, 0.15) is 17.2 Å². The van der Waals surface area contributed by atoms with Gasteiger partial charge in [0.05, 0.1) is 11.1 Å². The summed E-state index contributed by atoms with van der Waals surface area (Å²) in [6.45, 7) is 0. The van der Waals surface area contributed by atoms with E-state index in [1.165, 1.54) is 0 Å². The molecule has 0 saturated carbocycles. The monoisotopic (exact) mass is 311 g/mol. The van der Waals surface area contributed by atoms with Crippen molar-refractivity contribution in [1.29, 1.82) is 0 Å². The van der Waals surface area contributed by atoms with Gasteiger partial charge < -0.3 is 5.11 Å². The number of rotatable bonds is 3. The van der Waals surface area contributed by atoms with Gasteiger partial charge in [-0.05, 0) is 33.6 Å². The van der Waals surface area contributed by atoms with Gasteiger partial charge in [-0.1, -0.05) is 29.8 Å². The van der Waals surface area contributed by atoms with Crippen molar-refractivity contribution in [3.63, 3.8) is 0 Å². The number of pyridine rings is 1. The van der Waals surface area contributed by atoms with Gasteiger partial charge in [-0.3, -0.25) is 4.98 Å². The summed E-state index contributed by atoms with van der Waals surface area (Å²) < 4.78 is 0.793. The third-order valence-corrected chi connectivity index (χ3v) is 3.80. The maximum absolute atomic E-state index is 10.1. The molecule has 1 aromatic carbocycles. The Hall–Kier alpha value is -0.900. The van der Waals surface area contributed by atoms with Crippen molar-refractivity contribution in [1.82, 2.24) is 4.98 Å². The molecule has 0 amide bonds. The van der Waals surface area contributed by atoms with Crippen LogP contribution in [0.2, 0.25) is 5.02 Å². The van der Waals surface area contributed by atoms with Crippen LogP contribution in [0.15, 0.2) is 47.2 Å². The average Bonchev–Trinajstić information content (AvgIpc) is 2.34. The summed E-state index contributed by atoms with van der Waals surface area (Å²) >= 11 is 9.48. The molecule has 0 aliphatic carbocycles. The van der Waals surface area contributed by atoms with Gasteiger partial charge in [0, 0.05) is 28.9 Å². The molecule has 88 valence electrons. The van der Waals surface area contributed by atoms with E-state index in [1.807, 2.05) is 30.3 Å². The highest BCUT2D eigenvalue weighted by molar-refractivity contribution is 9.10. The lowest BCUT2D eigenvalue weighted by Gasteiger charge is -2.13. The fourth-order valence-corrected chi connectivity index (χ4v) is 2.26. The maximum Gasteiger partial charge on any atom is 0.0845 e. The summed E-state index contributed by atoms with van der Waals surface area (Å²) in [4.78, 5) is 4.02. The van der Waals surface area contributed by atoms with E-state index in [0.29, 0.717) is 11.4 Å². The molecule has 0 fully saturated rings. The summed E-state index contributed by atoms with van der Waals surface area (Å²) in [5, 5.41) is 10.7. The Morgan fingerprint density at radius 1 is 1.29 bits per heavy atom. The standard InChI is InChI=1S/C13H11BrClNO/c14-11-5-1-4-10(13(11)15)12(17)7-9-3-2-6-16-8-9/h1-6,8,12,17H,7H2. The summed E-state index contributed by atoms with van der Waals surface area (Å²) in [6, 6.07) is 9.32. The number of aliphatic hydroxyl groups is 1. The lowest BCUT2D eigenvalue weighted by atomic mass is 10.0. The van der Waals surface area contributed by atoms with E-state index >= 15 is 0 Å². The molecule has 2 rings (SSSR count). The first-order valence-corrected chi connectivity index (χ1v) is 6.36. The highest BCUT2D eigenvalue weighted by Crippen LogP contribution is 2.31. The number of hydrogen-bond acceptors (Lipinski definition) is 2. The molecule has 17 heavy (non-hydrogen) atoms. The van der Waals surface area contributed by atoms with Crippen LogP contribution < -0.4 is 0 Å². The van der Waals surface area contributed by atoms with Crippen molar-refractivity contribution in [2.45, 2.75) is 12.5 Å². The zero-order valence-electron chi connectivity index (χ0n) is 8.98. The first-order chi connectivity index (χ1) is 8.18. The van der Waals surface area contributed by atoms with Gasteiger partial charge in [0.2, 0.25) is 0 Å². The van der Waals surface area contributed by atoms with Gasteiger partial charge in [0.1, 0.15) is 0 Å². The van der Waals surface area contributed by atoms with Crippen LogP contribution in [0.5, 0.6) is 0 Å². The van der Waals surface area contributed by atoms with Crippen molar-refractivity contribution >= 4 is 27.5 Å². The zero-order chi connectivity index (χ0) is 12.3. The predicted molar refractivity (Wildman–Crippen MR) is 72.1 cm³/mol. The minimum Gasteiger partial charge on any atom is -0.388 e. The lowest BCUT2D eigenvalue weighted by Crippen LogP contribution is -2.03. The second kappa shape index (κ2) is 5.63. The van der Waals surface area contributed by atoms with E-state index in [4.69, 9.17) is 11.6 Å². The summed E-state index contributed by atoms with van der Waals surface area (Å²) in [5.41, 5.74) is 1.71. The highest BCUT2D eigenvalue weighted by atomic mass is 79.9. The largest absolute Gasteiger partial charge is 0.388 e. The fourth-order valence-electron chi connectivity index (χ4n) is 1.63. The molecular formula is C13H11BrClNO. The second-order valence-electron chi connectivity index (χ2n) is 3.72. The van der Waals surface area contributed by atoms with E-state index < -0.39 is 6.10 Å². The molecule has 1 heterocycles. The van der Waals surface area contributed by atoms with Crippen molar-refractivity contribution < 1.29 is 5.11 Å². The number of aromatic nitrogens is 1. The molecular weight excluding hydrogens is 302 g/mol. The van der Waals surface area contributed by atoms with E-state index in [9.17, 15) is 5.11 Å². The summed E-state index contributed by atoms with van der Waals surface area (Å²) in [5.74, 6) is 0. The Bertz CT molecular complexity index is 504. The topological polar surface area (TPSA) is 33.1 Å². The quantitative estimate of drug-likeness (QED) is 0.936. The highest BCUT2D eigenvalue weighted by Gasteiger charge is 2.13. The van der Waals surface area contributed by atoms with Gasteiger partial charge in [-0.25, -0.2) is 0 Å². The van der Waals surface area contributed by atoms with Gasteiger partial charge in [-0.15, -0.1) is 0 Å². The fraction of sp³-hybridized carbons (Fsp3) is 0.154. The third kappa shape index (κ3) is 3.06. The maximum atomic E-state index is 10.1. The van der Waals surface area contributed by atoms with Crippen LogP contribution in [-0.4, -0.2) is 10.1 Å².